The van der Waals surface area contributed by atoms with Gasteiger partial charge in [0.15, 0.2) is 10.9 Å². The van der Waals surface area contributed by atoms with E-state index >= 15 is 0 Å². The number of hydrazine groups is 1. The van der Waals surface area contributed by atoms with Gasteiger partial charge in [0.25, 0.3) is 0 Å². The smallest absolute Gasteiger partial charge is 0.305 e. The van der Waals surface area contributed by atoms with Crippen molar-refractivity contribution in [3.8, 4) is 11.3 Å². The largest absolute Gasteiger partial charge is 0.451 e. The highest BCUT2D eigenvalue weighted by Gasteiger charge is 2.15. The van der Waals surface area contributed by atoms with Crippen LogP contribution in [0.5, 0.6) is 0 Å². The van der Waals surface area contributed by atoms with E-state index in [2.05, 4.69) is 16.2 Å². The topological polar surface area (TPSA) is 66.3 Å². The molecule has 0 saturated carbocycles. The van der Waals surface area contributed by atoms with Crippen LogP contribution in [0.3, 0.4) is 0 Å². The van der Waals surface area contributed by atoms with E-state index < -0.39 is 5.91 Å². The van der Waals surface area contributed by atoms with Gasteiger partial charge in [-0.3, -0.25) is 15.6 Å². The number of thiocarbonyl (C=S) groups is 1. The van der Waals surface area contributed by atoms with Crippen LogP contribution in [-0.4, -0.2) is 16.6 Å². The van der Waals surface area contributed by atoms with Crippen molar-refractivity contribution in [1.29, 1.82) is 0 Å². The third kappa shape index (κ3) is 4.97. The van der Waals surface area contributed by atoms with Crippen LogP contribution >= 0.6 is 23.8 Å². The zero-order chi connectivity index (χ0) is 17.0. The van der Waals surface area contributed by atoms with Gasteiger partial charge >= 0.3 is 5.91 Å². The van der Waals surface area contributed by atoms with Crippen molar-refractivity contribution < 1.29 is 9.21 Å². The molecule has 0 atom stereocenters. The summed E-state index contributed by atoms with van der Waals surface area (Å²) in [5.74, 6) is 0.253. The lowest BCUT2D eigenvalue weighted by molar-refractivity contribution is 0.0916. The molecule has 1 aromatic heterocycles. The first-order valence-corrected chi connectivity index (χ1v) is 7.78. The predicted molar refractivity (Wildman–Crippen MR) is 95.2 cm³/mol. The minimum Gasteiger partial charge on any atom is -0.451 e. The van der Waals surface area contributed by atoms with Crippen molar-refractivity contribution in [2.24, 2.45) is 0 Å². The van der Waals surface area contributed by atoms with E-state index in [0.717, 1.165) is 5.56 Å². The maximum Gasteiger partial charge on any atom is 0.305 e. The molecular formula is C16H18ClN3O2S. The lowest BCUT2D eigenvalue weighted by Gasteiger charge is -2.22. The van der Waals surface area contributed by atoms with E-state index in [4.69, 9.17) is 28.2 Å². The molecule has 0 aliphatic heterocycles. The molecule has 23 heavy (non-hydrogen) atoms. The van der Waals surface area contributed by atoms with Crippen molar-refractivity contribution >= 4 is 34.8 Å². The van der Waals surface area contributed by atoms with Crippen LogP contribution in [-0.2, 0) is 0 Å². The molecule has 0 saturated heterocycles. The van der Waals surface area contributed by atoms with Gasteiger partial charge in [-0.15, -0.1) is 0 Å². The van der Waals surface area contributed by atoms with E-state index in [9.17, 15) is 4.79 Å². The van der Waals surface area contributed by atoms with Gasteiger partial charge in [0.2, 0.25) is 0 Å². The minimum absolute atomic E-state index is 0.158. The van der Waals surface area contributed by atoms with Gasteiger partial charge in [0, 0.05) is 11.1 Å². The summed E-state index contributed by atoms with van der Waals surface area (Å²) in [6.45, 7) is 5.89. The summed E-state index contributed by atoms with van der Waals surface area (Å²) in [5.41, 5.74) is 5.64. The second-order valence-electron chi connectivity index (χ2n) is 5.93. The van der Waals surface area contributed by atoms with Crippen molar-refractivity contribution in [2.45, 2.75) is 26.3 Å². The highest BCUT2D eigenvalue weighted by Crippen LogP contribution is 2.28. The normalized spacial score (nSPS) is 11.0. The molecule has 0 aliphatic carbocycles. The summed E-state index contributed by atoms with van der Waals surface area (Å²) in [7, 11) is 0. The van der Waals surface area contributed by atoms with Crippen molar-refractivity contribution in [3.63, 3.8) is 0 Å². The summed E-state index contributed by atoms with van der Waals surface area (Å²) in [6, 6.07) is 10.5. The van der Waals surface area contributed by atoms with Crippen molar-refractivity contribution in [3.05, 3.63) is 47.2 Å². The van der Waals surface area contributed by atoms with Crippen LogP contribution in [0.4, 0.5) is 0 Å². The quantitative estimate of drug-likeness (QED) is 0.570. The number of amides is 1. The van der Waals surface area contributed by atoms with E-state index in [1.807, 2.05) is 39.0 Å². The first-order valence-electron chi connectivity index (χ1n) is 6.99. The molecule has 5 nitrogen and oxygen atoms in total. The Kier molecular flexibility index (Phi) is 5.28. The third-order valence-corrected chi connectivity index (χ3v) is 3.28. The molecule has 1 heterocycles. The molecular weight excluding hydrogens is 334 g/mol. The van der Waals surface area contributed by atoms with Crippen molar-refractivity contribution in [1.82, 2.24) is 16.2 Å². The number of nitrogens with one attached hydrogen (secondary N) is 3. The summed E-state index contributed by atoms with van der Waals surface area (Å²) in [6.07, 6.45) is 0. The second kappa shape index (κ2) is 7.02. The molecule has 0 fully saturated rings. The Morgan fingerprint density at radius 2 is 1.83 bits per heavy atom. The van der Waals surface area contributed by atoms with E-state index in [1.54, 1.807) is 18.2 Å². The Morgan fingerprint density at radius 3 is 2.48 bits per heavy atom. The number of hydrogen-bond donors (Lipinski definition) is 3. The standard InChI is InChI=1S/C16H18ClN3O2S/c1-16(2,3)18-15(23)20-19-14(21)13-9-8-12(22-13)10-6-4-5-7-11(10)17/h4-9H,1-3H3,(H,19,21)(H2,18,20,23). The summed E-state index contributed by atoms with van der Waals surface area (Å²) in [5, 5.41) is 3.90. The first-order chi connectivity index (χ1) is 10.8. The average Bonchev–Trinajstić information content (AvgIpc) is 2.93. The van der Waals surface area contributed by atoms with Gasteiger partial charge in [-0.25, -0.2) is 0 Å². The molecule has 3 N–H and O–H groups in total. The summed E-state index contributed by atoms with van der Waals surface area (Å²) < 4.78 is 5.55. The molecule has 7 heteroatoms. The molecule has 0 spiro atoms. The maximum absolute atomic E-state index is 12.1. The highest BCUT2D eigenvalue weighted by atomic mass is 35.5. The Bertz CT molecular complexity index is 722. The number of hydrogen-bond acceptors (Lipinski definition) is 3. The molecule has 0 radical (unpaired) electrons. The molecule has 1 amide bonds. The summed E-state index contributed by atoms with van der Waals surface area (Å²) in [4.78, 5) is 12.1. The average molecular weight is 352 g/mol. The lowest BCUT2D eigenvalue weighted by Crippen LogP contribution is -2.52. The highest BCUT2D eigenvalue weighted by molar-refractivity contribution is 7.80. The van der Waals surface area contributed by atoms with Crippen LogP contribution in [0.15, 0.2) is 40.8 Å². The van der Waals surface area contributed by atoms with Gasteiger partial charge in [-0.2, -0.15) is 0 Å². The molecule has 0 bridgehead atoms. The van der Waals surface area contributed by atoms with Crippen molar-refractivity contribution in [2.75, 3.05) is 0 Å². The van der Waals surface area contributed by atoms with E-state index in [1.165, 1.54) is 0 Å². The van der Waals surface area contributed by atoms with Crippen LogP contribution in [0.25, 0.3) is 11.3 Å². The number of halogens is 1. The second-order valence-corrected chi connectivity index (χ2v) is 6.74. The van der Waals surface area contributed by atoms with Crippen LogP contribution < -0.4 is 16.2 Å². The van der Waals surface area contributed by atoms with Gasteiger partial charge < -0.3 is 9.73 Å². The monoisotopic (exact) mass is 351 g/mol. The number of rotatable bonds is 2. The molecule has 0 unspecified atom stereocenters. The number of carbonyl (C=O) groups excluding carboxylic acids is 1. The fraction of sp³-hybridized carbons (Fsp3) is 0.250. The SMILES string of the molecule is CC(C)(C)NC(=S)NNC(=O)c1ccc(-c2ccccc2Cl)o1. The van der Waals surface area contributed by atoms with E-state index in [0.29, 0.717) is 15.9 Å². The number of furan rings is 1. The molecule has 2 aromatic rings. The minimum atomic E-state index is -0.429. The first kappa shape index (κ1) is 17.3. The Hall–Kier alpha value is -2.05. The predicted octanol–water partition coefficient (Wildman–Crippen LogP) is 3.51. The van der Waals surface area contributed by atoms with Gasteiger partial charge in [0.05, 0.1) is 5.02 Å². The van der Waals surface area contributed by atoms with Crippen LogP contribution in [0.1, 0.15) is 31.3 Å². The Labute approximate surface area is 145 Å². The zero-order valence-corrected chi connectivity index (χ0v) is 14.6. The molecule has 2 rings (SSSR count). The number of carbonyl (C=O) groups is 1. The van der Waals surface area contributed by atoms with Crippen LogP contribution in [0, 0.1) is 0 Å². The molecule has 0 aliphatic rings. The van der Waals surface area contributed by atoms with Gasteiger partial charge in [-0.05, 0) is 57.3 Å². The third-order valence-electron chi connectivity index (χ3n) is 2.75. The lowest BCUT2D eigenvalue weighted by atomic mass is 10.1. The zero-order valence-electron chi connectivity index (χ0n) is 13.1. The van der Waals surface area contributed by atoms with Crippen LogP contribution in [0.2, 0.25) is 5.02 Å². The maximum atomic E-state index is 12.1. The molecule has 122 valence electrons. The molecule has 1 aromatic carbocycles. The fourth-order valence-electron chi connectivity index (χ4n) is 1.81. The van der Waals surface area contributed by atoms with Gasteiger partial charge in [0.1, 0.15) is 5.76 Å². The fourth-order valence-corrected chi connectivity index (χ4v) is 2.40. The van der Waals surface area contributed by atoms with E-state index in [-0.39, 0.29) is 11.3 Å². The summed E-state index contributed by atoms with van der Waals surface area (Å²) >= 11 is 11.2. The number of benzene rings is 1. The Balaban J connectivity index is 1.99. The Morgan fingerprint density at radius 1 is 1.13 bits per heavy atom. The van der Waals surface area contributed by atoms with Gasteiger partial charge in [-0.1, -0.05) is 23.7 Å².